The average Bonchev–Trinajstić information content (AvgIpc) is 2.27. The predicted octanol–water partition coefficient (Wildman–Crippen LogP) is 4.34. The molecular weight excluding hydrogens is 243 g/mol. The average molecular weight is 259 g/mol. The summed E-state index contributed by atoms with van der Waals surface area (Å²) in [6.07, 6.45) is -1.70. The fourth-order valence-electron chi connectivity index (χ4n) is 1.51. The van der Waals surface area contributed by atoms with Crippen molar-refractivity contribution in [2.75, 3.05) is 11.9 Å². The molecule has 1 aromatic carbocycles. The predicted molar refractivity (Wildman–Crippen MR) is 65.6 cm³/mol. The number of ether oxygens (including phenoxy) is 1. The number of anilines is 1. The maximum atomic E-state index is 12.0. The van der Waals surface area contributed by atoms with E-state index in [0.29, 0.717) is 0 Å². The molecule has 1 rings (SSSR count). The van der Waals surface area contributed by atoms with Crippen molar-refractivity contribution in [3.8, 4) is 5.75 Å². The zero-order chi connectivity index (χ0) is 13.8. The fraction of sp³-hybridized carbons (Fsp3) is 0.385. The van der Waals surface area contributed by atoms with Gasteiger partial charge in [0, 0.05) is 18.4 Å². The minimum atomic E-state index is -4.65. The normalized spacial score (nSPS) is 12.4. The standard InChI is InChI=1S/C13H16F3NO/c1-4-5-10(2)17(3)11-6-8-12(9-7-11)18-13(14,15)16/h5-9H,4H2,1-3H3/b10-5-. The minimum absolute atomic E-state index is 0.211. The highest BCUT2D eigenvalue weighted by Crippen LogP contribution is 2.26. The molecule has 0 N–H and O–H groups in total. The highest BCUT2D eigenvalue weighted by molar-refractivity contribution is 5.52. The van der Waals surface area contributed by atoms with Crippen LogP contribution in [0.4, 0.5) is 18.9 Å². The van der Waals surface area contributed by atoms with Crippen LogP contribution in [0.25, 0.3) is 0 Å². The Hall–Kier alpha value is -1.65. The first-order valence-electron chi connectivity index (χ1n) is 5.60. The van der Waals surface area contributed by atoms with Crippen LogP contribution in [-0.2, 0) is 0 Å². The topological polar surface area (TPSA) is 12.5 Å². The lowest BCUT2D eigenvalue weighted by Crippen LogP contribution is -2.17. The Morgan fingerprint density at radius 3 is 2.28 bits per heavy atom. The van der Waals surface area contributed by atoms with Crippen LogP contribution in [0.15, 0.2) is 36.0 Å². The molecule has 0 radical (unpaired) electrons. The van der Waals surface area contributed by atoms with Gasteiger partial charge in [0.2, 0.25) is 0 Å². The number of rotatable bonds is 4. The zero-order valence-electron chi connectivity index (χ0n) is 10.6. The van der Waals surface area contributed by atoms with Gasteiger partial charge in [-0.05, 0) is 37.6 Å². The first kappa shape index (κ1) is 14.4. The number of hydrogen-bond acceptors (Lipinski definition) is 2. The molecule has 100 valence electrons. The Balaban J connectivity index is 2.80. The van der Waals surface area contributed by atoms with Gasteiger partial charge >= 0.3 is 6.36 Å². The van der Waals surface area contributed by atoms with Gasteiger partial charge in [-0.15, -0.1) is 13.2 Å². The molecule has 18 heavy (non-hydrogen) atoms. The Labute approximate surface area is 105 Å². The van der Waals surface area contributed by atoms with Crippen molar-refractivity contribution in [3.63, 3.8) is 0 Å². The molecule has 0 bridgehead atoms. The number of nitrogens with zero attached hydrogens (tertiary/aromatic N) is 1. The number of hydrogen-bond donors (Lipinski definition) is 0. The van der Waals surface area contributed by atoms with Gasteiger partial charge < -0.3 is 9.64 Å². The monoisotopic (exact) mass is 259 g/mol. The summed E-state index contributed by atoms with van der Waals surface area (Å²) in [5.41, 5.74) is 1.86. The fourth-order valence-corrected chi connectivity index (χ4v) is 1.51. The van der Waals surface area contributed by atoms with E-state index in [2.05, 4.69) is 4.74 Å². The molecule has 0 aromatic heterocycles. The maximum absolute atomic E-state index is 12.0. The molecule has 0 amide bonds. The van der Waals surface area contributed by atoms with E-state index in [-0.39, 0.29) is 5.75 Å². The Kier molecular flexibility index (Phi) is 4.64. The van der Waals surface area contributed by atoms with Gasteiger partial charge in [0.05, 0.1) is 0 Å². The van der Waals surface area contributed by atoms with Crippen LogP contribution < -0.4 is 9.64 Å². The third kappa shape index (κ3) is 4.31. The van der Waals surface area contributed by atoms with E-state index >= 15 is 0 Å². The summed E-state index contributed by atoms with van der Waals surface area (Å²) in [5, 5.41) is 0. The highest BCUT2D eigenvalue weighted by atomic mass is 19.4. The third-order valence-corrected chi connectivity index (χ3v) is 2.49. The van der Waals surface area contributed by atoms with Gasteiger partial charge in [-0.25, -0.2) is 0 Å². The van der Waals surface area contributed by atoms with Gasteiger partial charge in [0.15, 0.2) is 0 Å². The Morgan fingerprint density at radius 2 is 1.83 bits per heavy atom. The summed E-state index contributed by atoms with van der Waals surface area (Å²) in [6.45, 7) is 3.97. The first-order chi connectivity index (χ1) is 8.33. The third-order valence-electron chi connectivity index (χ3n) is 2.49. The number of benzene rings is 1. The van der Waals surface area contributed by atoms with Crippen LogP contribution in [0.5, 0.6) is 5.75 Å². The summed E-state index contributed by atoms with van der Waals surface area (Å²) in [6, 6.07) is 5.79. The molecule has 0 unspecified atom stereocenters. The number of allylic oxidation sites excluding steroid dienone is 2. The molecule has 1 aromatic rings. The summed E-state index contributed by atoms with van der Waals surface area (Å²) in [7, 11) is 1.86. The lowest BCUT2D eigenvalue weighted by molar-refractivity contribution is -0.274. The smallest absolute Gasteiger partial charge is 0.406 e. The van der Waals surface area contributed by atoms with Crippen LogP contribution in [0.2, 0.25) is 0 Å². The van der Waals surface area contributed by atoms with Gasteiger partial charge in [0.1, 0.15) is 5.75 Å². The van der Waals surface area contributed by atoms with E-state index in [1.807, 2.05) is 31.9 Å². The molecular formula is C13H16F3NO. The van der Waals surface area contributed by atoms with Crippen molar-refractivity contribution in [2.45, 2.75) is 26.6 Å². The largest absolute Gasteiger partial charge is 0.573 e. The molecule has 0 fully saturated rings. The Morgan fingerprint density at radius 1 is 1.28 bits per heavy atom. The van der Waals surface area contributed by atoms with Gasteiger partial charge in [-0.3, -0.25) is 0 Å². The van der Waals surface area contributed by atoms with Crippen LogP contribution in [0, 0.1) is 0 Å². The summed E-state index contributed by atoms with van der Waals surface area (Å²) in [5.74, 6) is -0.211. The van der Waals surface area contributed by atoms with Crippen LogP contribution in [-0.4, -0.2) is 13.4 Å². The van der Waals surface area contributed by atoms with Crippen LogP contribution in [0.3, 0.4) is 0 Å². The molecule has 0 aliphatic heterocycles. The van der Waals surface area contributed by atoms with Crippen LogP contribution >= 0.6 is 0 Å². The first-order valence-corrected chi connectivity index (χ1v) is 5.60. The lowest BCUT2D eigenvalue weighted by atomic mass is 10.2. The maximum Gasteiger partial charge on any atom is 0.573 e. The SMILES string of the molecule is CC/C=C(/C)N(C)c1ccc(OC(F)(F)F)cc1. The van der Waals surface area contributed by atoms with E-state index in [1.54, 1.807) is 12.1 Å². The minimum Gasteiger partial charge on any atom is -0.406 e. The quantitative estimate of drug-likeness (QED) is 0.797. The van der Waals surface area contributed by atoms with Crippen molar-refractivity contribution >= 4 is 5.69 Å². The second-order valence-electron chi connectivity index (χ2n) is 3.85. The second kappa shape index (κ2) is 5.80. The van der Waals surface area contributed by atoms with Crippen LogP contribution in [0.1, 0.15) is 20.3 Å². The molecule has 0 saturated heterocycles. The van der Waals surface area contributed by atoms with Gasteiger partial charge in [0.25, 0.3) is 0 Å². The van der Waals surface area contributed by atoms with Crippen molar-refractivity contribution in [3.05, 3.63) is 36.0 Å². The van der Waals surface area contributed by atoms with Crippen molar-refractivity contribution in [2.24, 2.45) is 0 Å². The van der Waals surface area contributed by atoms with Gasteiger partial charge in [-0.1, -0.05) is 13.0 Å². The van der Waals surface area contributed by atoms with E-state index in [1.165, 1.54) is 12.1 Å². The summed E-state index contributed by atoms with van der Waals surface area (Å²) in [4.78, 5) is 1.90. The van der Waals surface area contributed by atoms with E-state index in [0.717, 1.165) is 17.8 Å². The Bertz CT molecular complexity index is 409. The molecule has 0 aliphatic carbocycles. The van der Waals surface area contributed by atoms with E-state index in [9.17, 15) is 13.2 Å². The van der Waals surface area contributed by atoms with Crippen molar-refractivity contribution < 1.29 is 17.9 Å². The zero-order valence-corrected chi connectivity index (χ0v) is 10.6. The highest BCUT2D eigenvalue weighted by Gasteiger charge is 2.30. The summed E-state index contributed by atoms with van der Waals surface area (Å²) < 4.78 is 39.8. The molecule has 2 nitrogen and oxygen atoms in total. The number of halogens is 3. The molecule has 0 aliphatic rings. The number of alkyl halides is 3. The second-order valence-corrected chi connectivity index (χ2v) is 3.85. The van der Waals surface area contributed by atoms with Crippen molar-refractivity contribution in [1.29, 1.82) is 0 Å². The van der Waals surface area contributed by atoms with Crippen molar-refractivity contribution in [1.82, 2.24) is 0 Å². The molecule has 0 spiro atoms. The molecule has 5 heteroatoms. The van der Waals surface area contributed by atoms with E-state index < -0.39 is 6.36 Å². The lowest BCUT2D eigenvalue weighted by Gasteiger charge is -2.20. The molecule has 0 atom stereocenters. The summed E-state index contributed by atoms with van der Waals surface area (Å²) >= 11 is 0. The molecule has 0 heterocycles. The van der Waals surface area contributed by atoms with E-state index in [4.69, 9.17) is 0 Å². The molecule has 0 saturated carbocycles. The van der Waals surface area contributed by atoms with Gasteiger partial charge in [-0.2, -0.15) is 0 Å².